The highest BCUT2D eigenvalue weighted by Gasteiger charge is 2.49. The molecule has 12 heteroatoms. The quantitative estimate of drug-likeness (QED) is 0.129. The van der Waals surface area contributed by atoms with Gasteiger partial charge in [0.1, 0.15) is 11.5 Å². The molecule has 0 radical (unpaired) electrons. The van der Waals surface area contributed by atoms with Crippen molar-refractivity contribution in [1.82, 2.24) is 0 Å². The molecule has 0 unspecified atom stereocenters. The molecule has 0 fully saturated rings. The predicted molar refractivity (Wildman–Crippen MR) is 185 cm³/mol. The number of benzene rings is 3. The molecule has 0 aromatic heterocycles. The molecule has 3 aromatic rings. The van der Waals surface area contributed by atoms with Crippen molar-refractivity contribution in [3.8, 4) is 22.6 Å². The van der Waals surface area contributed by atoms with Crippen molar-refractivity contribution in [1.29, 1.82) is 0 Å². The fourth-order valence-electron chi connectivity index (χ4n) is 5.88. The van der Waals surface area contributed by atoms with Crippen molar-refractivity contribution in [2.75, 3.05) is 21.3 Å². The predicted octanol–water partition coefficient (Wildman–Crippen LogP) is 9.55. The summed E-state index contributed by atoms with van der Waals surface area (Å²) in [5.74, 6) is -0.609. The maximum Gasteiger partial charge on any atom is 0.534 e. The summed E-state index contributed by atoms with van der Waals surface area (Å²) in [5.41, 5.74) is 0.611. The zero-order valence-corrected chi connectivity index (χ0v) is 29.1. The van der Waals surface area contributed by atoms with Gasteiger partial charge in [-0.1, -0.05) is 43.2 Å². The second-order valence-electron chi connectivity index (χ2n) is 11.8. The van der Waals surface area contributed by atoms with E-state index in [1.54, 1.807) is 7.11 Å². The lowest BCUT2D eigenvalue weighted by Gasteiger charge is -2.15. The highest BCUT2D eigenvalue weighted by atomic mass is 32.2. The van der Waals surface area contributed by atoms with Gasteiger partial charge in [0.2, 0.25) is 0 Å². The molecule has 0 saturated heterocycles. The topological polar surface area (TPSA) is 105 Å². The Morgan fingerprint density at radius 1 is 0.660 bits per heavy atom. The molecular formula is C38H41F3O8S. The van der Waals surface area contributed by atoms with Crippen LogP contribution >= 0.6 is 0 Å². The summed E-state index contributed by atoms with van der Waals surface area (Å²) in [6.07, 6.45) is 13.9. The van der Waals surface area contributed by atoms with Crippen molar-refractivity contribution in [2.24, 2.45) is 0 Å². The van der Waals surface area contributed by atoms with E-state index >= 15 is 0 Å². The summed E-state index contributed by atoms with van der Waals surface area (Å²) in [7, 11) is -1.54. The number of methoxy groups -OCH3 is 3. The Morgan fingerprint density at radius 3 is 1.78 bits per heavy atom. The molecule has 0 heterocycles. The van der Waals surface area contributed by atoms with Gasteiger partial charge in [0.15, 0.2) is 0 Å². The number of carbonyl (C=O) groups is 2. The van der Waals surface area contributed by atoms with Gasteiger partial charge in [-0.15, -0.1) is 0 Å². The van der Waals surface area contributed by atoms with Crippen LogP contribution in [0.4, 0.5) is 13.2 Å². The van der Waals surface area contributed by atoms with Gasteiger partial charge < -0.3 is 18.4 Å². The van der Waals surface area contributed by atoms with Gasteiger partial charge in [-0.05, 0) is 122 Å². The molecule has 2 aliphatic rings. The van der Waals surface area contributed by atoms with Crippen LogP contribution in [0.5, 0.6) is 11.5 Å². The maximum atomic E-state index is 12.6. The van der Waals surface area contributed by atoms with Gasteiger partial charge in [-0.3, -0.25) is 0 Å². The number of rotatable bonds is 8. The maximum absolute atomic E-state index is 12.6. The first-order valence-corrected chi connectivity index (χ1v) is 17.8. The number of esters is 2. The van der Waals surface area contributed by atoms with Crippen molar-refractivity contribution in [2.45, 2.75) is 69.7 Å². The van der Waals surface area contributed by atoms with E-state index < -0.39 is 27.3 Å². The largest absolute Gasteiger partial charge is 0.534 e. The van der Waals surface area contributed by atoms with Gasteiger partial charge in [0.25, 0.3) is 0 Å². The average molecular weight is 715 g/mol. The number of alkyl halides is 3. The van der Waals surface area contributed by atoms with E-state index in [4.69, 9.17) is 9.47 Å². The summed E-state index contributed by atoms with van der Waals surface area (Å²) in [6.45, 7) is 0. The highest BCUT2D eigenvalue weighted by molar-refractivity contribution is 7.88. The van der Waals surface area contributed by atoms with Gasteiger partial charge in [-0.25, -0.2) is 9.59 Å². The van der Waals surface area contributed by atoms with E-state index in [0.29, 0.717) is 24.0 Å². The standard InChI is InChI=1S/C22H24O3.C16H17F3O5S/c1-24-19-11-7-10-17(14-19)20-13-12-18(22(23)25-2)15-21(20)16-8-5-3-4-6-9-16;1-23-15(20)12-8-9-14(24-25(21,22)16(17,18)19)13(10-12)11-6-4-2-3-5-7-11/h7-8,10-15H,3-6,9H2,1-2H3;6,8-10H,2-5,7H2,1H3. The van der Waals surface area contributed by atoms with Crippen LogP contribution in [0.3, 0.4) is 0 Å². The Kier molecular flexibility index (Phi) is 13.3. The van der Waals surface area contributed by atoms with Crippen molar-refractivity contribution >= 4 is 33.2 Å². The fourth-order valence-corrected chi connectivity index (χ4v) is 6.36. The Bertz CT molecular complexity index is 1840. The van der Waals surface area contributed by atoms with E-state index in [9.17, 15) is 31.2 Å². The molecule has 0 atom stereocenters. The minimum Gasteiger partial charge on any atom is -0.497 e. The summed E-state index contributed by atoms with van der Waals surface area (Å²) < 4.78 is 79.7. The Labute approximate surface area is 291 Å². The van der Waals surface area contributed by atoms with Gasteiger partial charge in [-0.2, -0.15) is 21.6 Å². The van der Waals surface area contributed by atoms with E-state index in [1.807, 2.05) is 42.5 Å². The first-order valence-electron chi connectivity index (χ1n) is 16.4. The van der Waals surface area contributed by atoms with Crippen LogP contribution in [-0.2, 0) is 19.6 Å². The highest BCUT2D eigenvalue weighted by Crippen LogP contribution is 2.37. The molecule has 8 nitrogen and oxygen atoms in total. The van der Waals surface area contributed by atoms with E-state index in [0.717, 1.165) is 66.7 Å². The Morgan fingerprint density at radius 2 is 1.22 bits per heavy atom. The molecule has 5 rings (SSSR count). The van der Waals surface area contributed by atoms with Gasteiger partial charge in [0.05, 0.1) is 32.5 Å². The molecule has 0 spiro atoms. The summed E-state index contributed by atoms with van der Waals surface area (Å²) in [4.78, 5) is 23.7. The summed E-state index contributed by atoms with van der Waals surface area (Å²) in [6, 6.07) is 17.4. The average Bonchev–Trinajstić information content (AvgIpc) is 3.57. The number of hydrogen-bond acceptors (Lipinski definition) is 8. The normalized spacial score (nSPS) is 15.2. The molecule has 0 N–H and O–H groups in total. The molecule has 0 aliphatic heterocycles. The van der Waals surface area contributed by atoms with E-state index in [-0.39, 0.29) is 17.1 Å². The van der Waals surface area contributed by atoms with Gasteiger partial charge in [0, 0.05) is 5.56 Å². The Balaban J connectivity index is 0.000000225. The third kappa shape index (κ3) is 9.77. The fraction of sp³-hybridized carbons (Fsp3) is 0.368. The number of carbonyl (C=O) groups excluding carboxylic acids is 2. The first-order chi connectivity index (χ1) is 23.9. The second kappa shape index (κ2) is 17.4. The summed E-state index contributed by atoms with van der Waals surface area (Å²) >= 11 is 0. The minimum absolute atomic E-state index is 0.0967. The van der Waals surface area contributed by atoms with Crippen LogP contribution in [0.2, 0.25) is 0 Å². The summed E-state index contributed by atoms with van der Waals surface area (Å²) in [5, 5.41) is 0. The molecule has 0 amide bonds. The van der Waals surface area contributed by atoms with Crippen LogP contribution in [0, 0.1) is 0 Å². The lowest BCUT2D eigenvalue weighted by molar-refractivity contribution is -0.0500. The van der Waals surface area contributed by atoms with Crippen LogP contribution in [-0.4, -0.2) is 47.2 Å². The molecule has 0 saturated carbocycles. The zero-order chi connectivity index (χ0) is 36.3. The zero-order valence-electron chi connectivity index (χ0n) is 28.3. The molecular weight excluding hydrogens is 673 g/mol. The van der Waals surface area contributed by atoms with Crippen molar-refractivity contribution in [3.05, 3.63) is 95.1 Å². The van der Waals surface area contributed by atoms with Crippen LogP contribution in [0.25, 0.3) is 22.3 Å². The third-order valence-electron chi connectivity index (χ3n) is 8.48. The lowest BCUT2D eigenvalue weighted by Crippen LogP contribution is -2.28. The number of allylic oxidation sites excluding steroid dienone is 4. The third-order valence-corrected chi connectivity index (χ3v) is 9.44. The van der Waals surface area contributed by atoms with Gasteiger partial charge >= 0.3 is 27.6 Å². The lowest BCUT2D eigenvalue weighted by atomic mass is 9.90. The molecule has 268 valence electrons. The molecule has 50 heavy (non-hydrogen) atoms. The monoisotopic (exact) mass is 714 g/mol. The van der Waals surface area contributed by atoms with Crippen molar-refractivity contribution in [3.63, 3.8) is 0 Å². The smallest absolute Gasteiger partial charge is 0.497 e. The van der Waals surface area contributed by atoms with E-state index in [1.165, 1.54) is 45.1 Å². The van der Waals surface area contributed by atoms with Crippen LogP contribution in [0.15, 0.2) is 72.8 Å². The second-order valence-corrected chi connectivity index (χ2v) is 13.4. The van der Waals surface area contributed by atoms with Crippen LogP contribution in [0.1, 0.15) is 96.1 Å². The first kappa shape index (κ1) is 38.2. The number of hydrogen-bond donors (Lipinski definition) is 0. The SMILES string of the molecule is COC(=O)c1ccc(-c2cccc(OC)c2)c(C2=CCCCCC2)c1.COC(=O)c1ccc(OS(=O)(=O)C(F)(F)F)c(C2=CCCCCC2)c1. The number of ether oxygens (including phenoxy) is 3. The van der Waals surface area contributed by atoms with Crippen molar-refractivity contribution < 1.29 is 49.6 Å². The van der Waals surface area contributed by atoms with Crippen LogP contribution < -0.4 is 8.92 Å². The minimum atomic E-state index is -5.80. The number of halogens is 3. The Hall–Kier alpha value is -4.58. The molecule has 2 aliphatic carbocycles. The molecule has 3 aromatic carbocycles. The van der Waals surface area contributed by atoms with E-state index in [2.05, 4.69) is 21.1 Å². The molecule has 0 bridgehead atoms.